The zero-order valence-electron chi connectivity index (χ0n) is 19.6. The van der Waals surface area contributed by atoms with E-state index in [1.807, 2.05) is 0 Å². The van der Waals surface area contributed by atoms with Crippen molar-refractivity contribution in [3.8, 4) is 0 Å². The maximum Gasteiger partial charge on any atom is 0.0575 e. The third kappa shape index (κ3) is 10.1. The van der Waals surface area contributed by atoms with Gasteiger partial charge >= 0.3 is 0 Å². The normalized spacial score (nSPS) is 28.5. The lowest BCUT2D eigenvalue weighted by atomic mass is 9.70. The molecule has 28 heavy (non-hydrogen) atoms. The van der Waals surface area contributed by atoms with Crippen LogP contribution in [0.4, 0.5) is 0 Å². The van der Waals surface area contributed by atoms with Gasteiger partial charge in [0.15, 0.2) is 0 Å². The molecule has 0 amide bonds. The Bertz CT molecular complexity index is 336. The second-order valence-corrected chi connectivity index (χ2v) is 10.2. The van der Waals surface area contributed by atoms with Crippen LogP contribution in [0, 0.1) is 17.8 Å². The number of unbranched alkanes of at least 4 members (excludes halogenated alkanes) is 9. The zero-order chi connectivity index (χ0) is 19.9. The van der Waals surface area contributed by atoms with E-state index in [2.05, 4.69) is 13.8 Å². The van der Waals surface area contributed by atoms with E-state index in [0.29, 0.717) is 6.10 Å². The summed E-state index contributed by atoms with van der Waals surface area (Å²) < 4.78 is 6.13. The first-order chi connectivity index (χ1) is 13.8. The van der Waals surface area contributed by atoms with Crippen molar-refractivity contribution >= 4 is 0 Å². The van der Waals surface area contributed by atoms with E-state index in [0.717, 1.165) is 24.4 Å². The van der Waals surface area contributed by atoms with Crippen molar-refractivity contribution in [2.24, 2.45) is 17.8 Å². The van der Waals surface area contributed by atoms with Crippen LogP contribution < -0.4 is 0 Å². The van der Waals surface area contributed by atoms with Crippen LogP contribution in [0.3, 0.4) is 0 Å². The highest BCUT2D eigenvalue weighted by Gasteiger charge is 2.30. The molecule has 0 N–H and O–H groups in total. The van der Waals surface area contributed by atoms with Crippen LogP contribution in [-0.4, -0.2) is 12.7 Å². The first kappa shape index (κ1) is 24.2. The molecular formula is C27H52O. The predicted octanol–water partition coefficient (Wildman–Crippen LogP) is 9.09. The monoisotopic (exact) mass is 392 g/mol. The van der Waals surface area contributed by atoms with Gasteiger partial charge in [0.1, 0.15) is 0 Å². The summed E-state index contributed by atoms with van der Waals surface area (Å²) in [5, 5.41) is 0. The molecule has 0 aromatic heterocycles. The SMILES string of the molecule is CCCCCCCCCCC1CCC([C@H]2CC[C@H](OCCCCC)CC2)CC1. The molecule has 0 atom stereocenters. The molecule has 0 saturated heterocycles. The summed E-state index contributed by atoms with van der Waals surface area (Å²) in [6, 6.07) is 0. The summed E-state index contributed by atoms with van der Waals surface area (Å²) in [6.45, 7) is 5.59. The van der Waals surface area contributed by atoms with E-state index < -0.39 is 0 Å². The summed E-state index contributed by atoms with van der Waals surface area (Å²) in [6.07, 6.45) is 29.5. The Labute approximate surface area is 177 Å². The molecule has 2 aliphatic carbocycles. The van der Waals surface area contributed by atoms with Crippen molar-refractivity contribution in [3.05, 3.63) is 0 Å². The van der Waals surface area contributed by atoms with Crippen LogP contribution >= 0.6 is 0 Å². The smallest absolute Gasteiger partial charge is 0.0575 e. The highest BCUT2D eigenvalue weighted by molar-refractivity contribution is 4.82. The molecule has 2 aliphatic rings. The fourth-order valence-corrected chi connectivity index (χ4v) is 5.84. The average molecular weight is 393 g/mol. The van der Waals surface area contributed by atoms with Gasteiger partial charge in [0.05, 0.1) is 6.10 Å². The molecule has 0 aromatic carbocycles. The summed E-state index contributed by atoms with van der Waals surface area (Å²) in [4.78, 5) is 0. The number of rotatable bonds is 15. The van der Waals surface area contributed by atoms with Crippen molar-refractivity contribution in [1.82, 2.24) is 0 Å². The largest absolute Gasteiger partial charge is 0.378 e. The summed E-state index contributed by atoms with van der Waals surface area (Å²) in [5.74, 6) is 3.14. The molecule has 2 saturated carbocycles. The molecule has 166 valence electrons. The van der Waals surface area contributed by atoms with Gasteiger partial charge in [-0.1, -0.05) is 97.3 Å². The Morgan fingerprint density at radius 3 is 1.64 bits per heavy atom. The van der Waals surface area contributed by atoms with Crippen LogP contribution in [-0.2, 0) is 4.74 Å². The Morgan fingerprint density at radius 1 is 0.536 bits per heavy atom. The third-order valence-electron chi connectivity index (χ3n) is 7.84. The highest BCUT2D eigenvalue weighted by atomic mass is 16.5. The van der Waals surface area contributed by atoms with E-state index in [1.54, 1.807) is 0 Å². The zero-order valence-corrected chi connectivity index (χ0v) is 19.6. The van der Waals surface area contributed by atoms with Gasteiger partial charge in [-0.15, -0.1) is 0 Å². The number of hydrogen-bond acceptors (Lipinski definition) is 1. The standard InChI is InChI=1S/C27H52O/c1-3-5-7-8-9-10-11-12-14-24-15-17-25(18-16-24)26-19-21-27(22-20-26)28-23-13-6-4-2/h24-27H,3-23H2,1-2H3/t24?,25?,26-,27-. The Morgan fingerprint density at radius 2 is 1.04 bits per heavy atom. The highest BCUT2D eigenvalue weighted by Crippen LogP contribution is 2.41. The van der Waals surface area contributed by atoms with Crippen molar-refractivity contribution in [1.29, 1.82) is 0 Å². The summed E-state index contributed by atoms with van der Waals surface area (Å²) in [7, 11) is 0. The maximum atomic E-state index is 6.13. The van der Waals surface area contributed by atoms with Crippen molar-refractivity contribution < 1.29 is 4.74 Å². The van der Waals surface area contributed by atoms with E-state index in [4.69, 9.17) is 4.74 Å². The molecule has 0 heterocycles. The predicted molar refractivity (Wildman–Crippen MR) is 124 cm³/mol. The molecule has 0 aliphatic heterocycles. The van der Waals surface area contributed by atoms with Gasteiger partial charge in [-0.3, -0.25) is 0 Å². The average Bonchev–Trinajstić information content (AvgIpc) is 2.74. The van der Waals surface area contributed by atoms with Gasteiger partial charge in [0.2, 0.25) is 0 Å². The second-order valence-electron chi connectivity index (χ2n) is 10.2. The van der Waals surface area contributed by atoms with Crippen LogP contribution in [0.2, 0.25) is 0 Å². The summed E-state index contributed by atoms with van der Waals surface area (Å²) in [5.41, 5.74) is 0. The molecule has 2 fully saturated rings. The molecule has 0 unspecified atom stereocenters. The molecule has 2 rings (SSSR count). The Hall–Kier alpha value is -0.0400. The quantitative estimate of drug-likeness (QED) is 0.252. The fraction of sp³-hybridized carbons (Fsp3) is 1.00. The minimum absolute atomic E-state index is 0.589. The van der Waals surface area contributed by atoms with Crippen LogP contribution in [0.5, 0.6) is 0 Å². The van der Waals surface area contributed by atoms with Crippen molar-refractivity contribution in [2.75, 3.05) is 6.61 Å². The lowest BCUT2D eigenvalue weighted by Crippen LogP contribution is -2.28. The Balaban J connectivity index is 1.45. The first-order valence-corrected chi connectivity index (χ1v) is 13.4. The van der Waals surface area contributed by atoms with Crippen LogP contribution in [0.15, 0.2) is 0 Å². The summed E-state index contributed by atoms with van der Waals surface area (Å²) >= 11 is 0. The fourth-order valence-electron chi connectivity index (χ4n) is 5.84. The lowest BCUT2D eigenvalue weighted by Gasteiger charge is -2.38. The van der Waals surface area contributed by atoms with Gasteiger partial charge < -0.3 is 4.74 Å². The number of ether oxygens (including phenoxy) is 1. The van der Waals surface area contributed by atoms with Crippen LogP contribution in [0.25, 0.3) is 0 Å². The second kappa shape index (κ2) is 15.8. The van der Waals surface area contributed by atoms with Crippen molar-refractivity contribution in [3.63, 3.8) is 0 Å². The minimum atomic E-state index is 0.589. The van der Waals surface area contributed by atoms with Crippen molar-refractivity contribution in [2.45, 2.75) is 148 Å². The van der Waals surface area contributed by atoms with Gasteiger partial charge in [-0.05, 0) is 62.7 Å². The lowest BCUT2D eigenvalue weighted by molar-refractivity contribution is 0.00538. The third-order valence-corrected chi connectivity index (χ3v) is 7.84. The molecule has 0 bridgehead atoms. The topological polar surface area (TPSA) is 9.23 Å². The molecule has 1 nitrogen and oxygen atoms in total. The van der Waals surface area contributed by atoms with Gasteiger partial charge in [-0.25, -0.2) is 0 Å². The number of hydrogen-bond donors (Lipinski definition) is 0. The van der Waals surface area contributed by atoms with Crippen LogP contribution in [0.1, 0.15) is 142 Å². The van der Waals surface area contributed by atoms with E-state index in [9.17, 15) is 0 Å². The van der Waals surface area contributed by atoms with E-state index >= 15 is 0 Å². The first-order valence-electron chi connectivity index (χ1n) is 13.4. The van der Waals surface area contributed by atoms with Gasteiger partial charge in [-0.2, -0.15) is 0 Å². The Kier molecular flexibility index (Phi) is 13.6. The maximum absolute atomic E-state index is 6.13. The van der Waals surface area contributed by atoms with E-state index in [1.165, 1.54) is 128 Å². The molecule has 0 aromatic rings. The molecule has 1 heteroatoms. The molecular weight excluding hydrogens is 340 g/mol. The van der Waals surface area contributed by atoms with Gasteiger partial charge in [0, 0.05) is 6.61 Å². The molecule has 0 spiro atoms. The van der Waals surface area contributed by atoms with Gasteiger partial charge in [0.25, 0.3) is 0 Å². The van der Waals surface area contributed by atoms with E-state index in [-0.39, 0.29) is 0 Å². The minimum Gasteiger partial charge on any atom is -0.378 e. The molecule has 0 radical (unpaired) electrons.